The highest BCUT2D eigenvalue weighted by Crippen LogP contribution is 2.20. The van der Waals surface area contributed by atoms with Crippen molar-refractivity contribution in [3.63, 3.8) is 0 Å². The maximum absolute atomic E-state index is 5.30. The van der Waals surface area contributed by atoms with E-state index in [1.54, 1.807) is 0 Å². The molecule has 0 N–H and O–H groups in total. The molecule has 118 valence electrons. The molecule has 0 atom stereocenters. The van der Waals surface area contributed by atoms with Crippen LogP contribution in [0.2, 0.25) is 0 Å². The highest BCUT2D eigenvalue weighted by atomic mass is 16.5. The lowest BCUT2D eigenvalue weighted by Crippen LogP contribution is -2.04. The van der Waals surface area contributed by atoms with Gasteiger partial charge in [-0.15, -0.1) is 10.2 Å². The summed E-state index contributed by atoms with van der Waals surface area (Å²) in [6.45, 7) is 2.29. The summed E-state index contributed by atoms with van der Waals surface area (Å²) in [6.07, 6.45) is 0. The Kier molecular flexibility index (Phi) is 3.59. The molecule has 0 fully saturated rings. The lowest BCUT2D eigenvalue weighted by atomic mass is 10.1. The van der Waals surface area contributed by atoms with Crippen LogP contribution in [0.4, 0.5) is 0 Å². The third kappa shape index (κ3) is 2.79. The van der Waals surface area contributed by atoms with Gasteiger partial charge in [-0.3, -0.25) is 0 Å². The van der Waals surface area contributed by atoms with E-state index in [0.29, 0.717) is 17.5 Å². The first-order valence-corrected chi connectivity index (χ1v) is 7.51. The predicted molar refractivity (Wildman–Crippen MR) is 86.8 cm³/mol. The molecule has 2 heterocycles. The Morgan fingerprint density at radius 3 is 2.58 bits per heavy atom. The molecule has 0 saturated heterocycles. The molecule has 7 nitrogen and oxygen atoms in total. The molecule has 7 heteroatoms. The van der Waals surface area contributed by atoms with Crippen molar-refractivity contribution in [3.8, 4) is 22.8 Å². The summed E-state index contributed by atoms with van der Waals surface area (Å²) in [7, 11) is 0. The van der Waals surface area contributed by atoms with E-state index in [-0.39, 0.29) is 6.54 Å². The fraction of sp³-hybridized carbons (Fsp3) is 0.118. The third-order valence-corrected chi connectivity index (χ3v) is 3.62. The van der Waals surface area contributed by atoms with E-state index in [1.165, 1.54) is 4.80 Å². The fourth-order valence-corrected chi connectivity index (χ4v) is 2.39. The average molecular weight is 318 g/mol. The minimum absolute atomic E-state index is 0.277. The van der Waals surface area contributed by atoms with Crippen LogP contribution < -0.4 is 0 Å². The van der Waals surface area contributed by atoms with Crippen molar-refractivity contribution < 1.29 is 4.52 Å². The summed E-state index contributed by atoms with van der Waals surface area (Å²) in [6, 6.07) is 17.6. The van der Waals surface area contributed by atoms with Gasteiger partial charge in [-0.05, 0) is 17.7 Å². The van der Waals surface area contributed by atoms with Crippen molar-refractivity contribution in [2.45, 2.75) is 13.5 Å². The summed E-state index contributed by atoms with van der Waals surface area (Å²) >= 11 is 0. The molecule has 0 radical (unpaired) electrons. The molecule has 4 rings (SSSR count). The Morgan fingerprint density at radius 1 is 0.958 bits per heavy atom. The van der Waals surface area contributed by atoms with Crippen LogP contribution in [0.1, 0.15) is 11.5 Å². The molecule has 2 aromatic carbocycles. The zero-order chi connectivity index (χ0) is 16.4. The number of nitrogens with zero attached hydrogens (tertiary/aromatic N) is 6. The minimum Gasteiger partial charge on any atom is -0.337 e. The number of tetrazole rings is 1. The maximum atomic E-state index is 5.30. The van der Waals surface area contributed by atoms with Crippen LogP contribution in [-0.4, -0.2) is 30.3 Å². The summed E-state index contributed by atoms with van der Waals surface area (Å²) in [5.74, 6) is 1.56. The van der Waals surface area contributed by atoms with Crippen LogP contribution in [0, 0.1) is 6.92 Å². The Labute approximate surface area is 138 Å². The van der Waals surface area contributed by atoms with Gasteiger partial charge >= 0.3 is 0 Å². The zero-order valence-electron chi connectivity index (χ0n) is 13.0. The first-order valence-electron chi connectivity index (χ1n) is 7.51. The molecule has 2 aromatic heterocycles. The molecule has 0 aliphatic heterocycles. The van der Waals surface area contributed by atoms with Crippen LogP contribution in [0.3, 0.4) is 0 Å². The Balaban J connectivity index is 1.55. The van der Waals surface area contributed by atoms with E-state index >= 15 is 0 Å². The molecule has 0 amide bonds. The van der Waals surface area contributed by atoms with Gasteiger partial charge in [-0.1, -0.05) is 59.8 Å². The second-order valence-electron chi connectivity index (χ2n) is 5.34. The van der Waals surface area contributed by atoms with E-state index in [0.717, 1.165) is 16.7 Å². The maximum Gasteiger partial charge on any atom is 0.250 e. The largest absolute Gasteiger partial charge is 0.337 e. The van der Waals surface area contributed by atoms with Gasteiger partial charge in [0, 0.05) is 11.1 Å². The van der Waals surface area contributed by atoms with Crippen LogP contribution >= 0.6 is 0 Å². The molecule has 0 bridgehead atoms. The quantitative estimate of drug-likeness (QED) is 0.575. The van der Waals surface area contributed by atoms with Gasteiger partial charge in [0.1, 0.15) is 6.54 Å². The molecular formula is C17H14N6O. The molecule has 0 unspecified atom stereocenters. The van der Waals surface area contributed by atoms with Crippen molar-refractivity contribution in [1.29, 1.82) is 0 Å². The second-order valence-corrected chi connectivity index (χ2v) is 5.34. The number of rotatable bonds is 4. The summed E-state index contributed by atoms with van der Waals surface area (Å²) in [5, 5.41) is 16.5. The number of aromatic nitrogens is 6. The number of aryl methyl sites for hydroxylation is 1. The molecule has 24 heavy (non-hydrogen) atoms. The highest BCUT2D eigenvalue weighted by Gasteiger charge is 2.13. The fourth-order valence-electron chi connectivity index (χ4n) is 2.39. The van der Waals surface area contributed by atoms with Crippen LogP contribution in [0.15, 0.2) is 59.1 Å². The molecule has 0 aliphatic carbocycles. The number of hydrogen-bond acceptors (Lipinski definition) is 6. The molecular weight excluding hydrogens is 304 g/mol. The van der Waals surface area contributed by atoms with Crippen molar-refractivity contribution >= 4 is 0 Å². The van der Waals surface area contributed by atoms with Crippen molar-refractivity contribution in [1.82, 2.24) is 30.3 Å². The Hall–Kier alpha value is -3.35. The monoisotopic (exact) mass is 318 g/mol. The Bertz CT molecular complexity index is 960. The lowest BCUT2D eigenvalue weighted by Gasteiger charge is -1.97. The topological polar surface area (TPSA) is 82.5 Å². The number of benzene rings is 2. The van der Waals surface area contributed by atoms with Crippen molar-refractivity contribution in [3.05, 3.63) is 66.1 Å². The second kappa shape index (κ2) is 6.04. The normalized spacial score (nSPS) is 10.9. The first kappa shape index (κ1) is 14.3. The standard InChI is InChI=1S/C17H14N6O/c1-12-7-5-6-10-14(12)17-18-15(24-21-17)11-23-20-16(19-22-23)13-8-3-2-4-9-13/h2-10H,11H2,1H3. The predicted octanol–water partition coefficient (Wildman–Crippen LogP) is 2.75. The van der Waals surface area contributed by atoms with E-state index in [9.17, 15) is 0 Å². The van der Waals surface area contributed by atoms with E-state index in [4.69, 9.17) is 4.52 Å². The zero-order valence-corrected chi connectivity index (χ0v) is 13.0. The van der Waals surface area contributed by atoms with E-state index in [1.807, 2.05) is 61.5 Å². The van der Waals surface area contributed by atoms with Crippen LogP contribution in [0.5, 0.6) is 0 Å². The Morgan fingerprint density at radius 2 is 1.75 bits per heavy atom. The van der Waals surface area contributed by atoms with Gasteiger partial charge in [0.15, 0.2) is 0 Å². The molecule has 4 aromatic rings. The van der Waals surface area contributed by atoms with Gasteiger partial charge in [-0.25, -0.2) is 0 Å². The number of hydrogen-bond donors (Lipinski definition) is 0. The van der Waals surface area contributed by atoms with Gasteiger partial charge in [0.25, 0.3) is 5.89 Å². The molecule has 0 spiro atoms. The van der Waals surface area contributed by atoms with Crippen LogP contribution in [0.25, 0.3) is 22.8 Å². The average Bonchev–Trinajstić information content (AvgIpc) is 3.26. The van der Waals surface area contributed by atoms with Crippen molar-refractivity contribution in [2.24, 2.45) is 0 Å². The lowest BCUT2D eigenvalue weighted by molar-refractivity contribution is 0.356. The van der Waals surface area contributed by atoms with Gasteiger partial charge in [-0.2, -0.15) is 9.78 Å². The smallest absolute Gasteiger partial charge is 0.250 e. The van der Waals surface area contributed by atoms with Crippen molar-refractivity contribution in [2.75, 3.05) is 0 Å². The minimum atomic E-state index is 0.277. The summed E-state index contributed by atoms with van der Waals surface area (Å²) in [4.78, 5) is 5.85. The first-order chi connectivity index (χ1) is 11.8. The van der Waals surface area contributed by atoms with Gasteiger partial charge in [0.2, 0.25) is 11.6 Å². The van der Waals surface area contributed by atoms with Crippen LogP contribution in [-0.2, 0) is 6.54 Å². The van der Waals surface area contributed by atoms with Gasteiger partial charge in [0.05, 0.1) is 0 Å². The van der Waals surface area contributed by atoms with E-state index < -0.39 is 0 Å². The van der Waals surface area contributed by atoms with Gasteiger partial charge < -0.3 is 4.52 Å². The summed E-state index contributed by atoms with van der Waals surface area (Å²) in [5.41, 5.74) is 2.95. The SMILES string of the molecule is Cc1ccccc1-c1noc(Cn2nnc(-c3ccccc3)n2)n1. The molecule has 0 saturated carbocycles. The van der Waals surface area contributed by atoms with E-state index in [2.05, 4.69) is 25.6 Å². The molecule has 0 aliphatic rings. The third-order valence-electron chi connectivity index (χ3n) is 3.62. The highest BCUT2D eigenvalue weighted by molar-refractivity contribution is 5.59. The summed E-state index contributed by atoms with van der Waals surface area (Å²) < 4.78 is 5.30.